The van der Waals surface area contributed by atoms with Crippen molar-refractivity contribution in [3.63, 3.8) is 0 Å². The van der Waals surface area contributed by atoms with Crippen molar-refractivity contribution in [1.29, 1.82) is 0 Å². The van der Waals surface area contributed by atoms with Crippen molar-refractivity contribution in [2.75, 3.05) is 26.8 Å². The molecule has 5 heteroatoms. The summed E-state index contributed by atoms with van der Waals surface area (Å²) in [6.45, 7) is 4.43. The number of aryl methyl sites for hydroxylation is 1. The van der Waals surface area contributed by atoms with Gasteiger partial charge in [-0.25, -0.2) is 0 Å². The van der Waals surface area contributed by atoms with Gasteiger partial charge in [0.2, 0.25) is 5.91 Å². The summed E-state index contributed by atoms with van der Waals surface area (Å²) in [6, 6.07) is 2.09. The van der Waals surface area contributed by atoms with Gasteiger partial charge in [-0.2, -0.15) is 0 Å². The number of nitrogens with zero attached hydrogens (tertiary/aromatic N) is 1. The average Bonchev–Trinajstić information content (AvgIpc) is 2.84. The van der Waals surface area contributed by atoms with Crippen LogP contribution in [-0.2, 0) is 16.1 Å². The molecule has 2 rings (SSSR count). The monoisotopic (exact) mass is 282 g/mol. The quantitative estimate of drug-likeness (QED) is 0.915. The molecule has 0 aromatic carbocycles. The molecular weight excluding hydrogens is 260 g/mol. The average molecular weight is 282 g/mol. The van der Waals surface area contributed by atoms with Crippen LogP contribution in [0.15, 0.2) is 11.4 Å². The van der Waals surface area contributed by atoms with E-state index >= 15 is 0 Å². The first-order chi connectivity index (χ1) is 9.09. The topological polar surface area (TPSA) is 55.6 Å². The number of ether oxygens (including phenoxy) is 1. The molecular formula is C14H22N2O2S. The Kier molecular flexibility index (Phi) is 4.60. The Morgan fingerprint density at radius 1 is 1.53 bits per heavy atom. The van der Waals surface area contributed by atoms with Gasteiger partial charge in [-0.05, 0) is 36.8 Å². The molecule has 1 aromatic rings. The van der Waals surface area contributed by atoms with Crippen LogP contribution in [0, 0.1) is 12.3 Å². The SMILES string of the molecule is Cc1ccsc1CN(C)C(=O)C1(CN)CCOCC1. The minimum atomic E-state index is -0.418. The highest BCUT2D eigenvalue weighted by Gasteiger charge is 2.40. The summed E-state index contributed by atoms with van der Waals surface area (Å²) in [4.78, 5) is 15.7. The summed E-state index contributed by atoms with van der Waals surface area (Å²) in [6.07, 6.45) is 1.46. The Labute approximate surface area is 118 Å². The van der Waals surface area contributed by atoms with E-state index in [1.54, 1.807) is 11.3 Å². The number of carbonyl (C=O) groups is 1. The Morgan fingerprint density at radius 3 is 2.74 bits per heavy atom. The van der Waals surface area contributed by atoms with Crippen LogP contribution in [0.25, 0.3) is 0 Å². The van der Waals surface area contributed by atoms with E-state index in [0.29, 0.717) is 26.3 Å². The van der Waals surface area contributed by atoms with Gasteiger partial charge in [0, 0.05) is 31.7 Å². The van der Waals surface area contributed by atoms with Gasteiger partial charge in [0.15, 0.2) is 0 Å². The van der Waals surface area contributed by atoms with Gasteiger partial charge in [-0.3, -0.25) is 4.79 Å². The maximum Gasteiger partial charge on any atom is 0.230 e. The fourth-order valence-electron chi connectivity index (χ4n) is 2.53. The summed E-state index contributed by atoms with van der Waals surface area (Å²) in [5, 5.41) is 2.07. The second-order valence-electron chi connectivity index (χ2n) is 5.28. The van der Waals surface area contributed by atoms with Crippen LogP contribution in [0.4, 0.5) is 0 Å². The number of hydrogen-bond acceptors (Lipinski definition) is 4. The largest absolute Gasteiger partial charge is 0.381 e. The maximum atomic E-state index is 12.7. The van der Waals surface area contributed by atoms with Crippen molar-refractivity contribution in [1.82, 2.24) is 4.90 Å². The minimum Gasteiger partial charge on any atom is -0.381 e. The van der Waals surface area contributed by atoms with Gasteiger partial charge in [-0.1, -0.05) is 0 Å². The van der Waals surface area contributed by atoms with Gasteiger partial charge >= 0.3 is 0 Å². The molecule has 2 heterocycles. The zero-order valence-electron chi connectivity index (χ0n) is 11.6. The molecule has 2 N–H and O–H groups in total. The first-order valence-electron chi connectivity index (χ1n) is 6.65. The standard InChI is InChI=1S/C14H22N2O2S/c1-11-3-8-19-12(11)9-16(2)13(17)14(10-15)4-6-18-7-5-14/h3,8H,4-7,9-10,15H2,1-2H3. The van der Waals surface area contributed by atoms with Crippen LogP contribution in [0.3, 0.4) is 0 Å². The Hall–Kier alpha value is -0.910. The fraction of sp³-hybridized carbons (Fsp3) is 0.643. The van der Waals surface area contributed by atoms with Crippen LogP contribution >= 0.6 is 11.3 Å². The summed E-state index contributed by atoms with van der Waals surface area (Å²) in [5.41, 5.74) is 6.71. The van der Waals surface area contributed by atoms with Crippen molar-refractivity contribution in [3.05, 3.63) is 21.9 Å². The van der Waals surface area contributed by atoms with E-state index in [0.717, 1.165) is 12.8 Å². The van der Waals surface area contributed by atoms with Gasteiger partial charge < -0.3 is 15.4 Å². The molecule has 0 aliphatic carbocycles. The third kappa shape index (κ3) is 2.99. The van der Waals surface area contributed by atoms with E-state index in [-0.39, 0.29) is 5.91 Å². The number of hydrogen-bond donors (Lipinski definition) is 1. The maximum absolute atomic E-state index is 12.7. The van der Waals surface area contributed by atoms with Crippen molar-refractivity contribution in [2.45, 2.75) is 26.3 Å². The van der Waals surface area contributed by atoms with Crippen LogP contribution in [-0.4, -0.2) is 37.6 Å². The van der Waals surface area contributed by atoms with E-state index in [1.165, 1.54) is 10.4 Å². The zero-order chi connectivity index (χ0) is 13.9. The Balaban J connectivity index is 2.07. The lowest BCUT2D eigenvalue weighted by Gasteiger charge is -2.37. The molecule has 4 nitrogen and oxygen atoms in total. The van der Waals surface area contributed by atoms with Gasteiger partial charge in [0.1, 0.15) is 0 Å². The van der Waals surface area contributed by atoms with E-state index in [1.807, 2.05) is 11.9 Å². The van der Waals surface area contributed by atoms with E-state index in [4.69, 9.17) is 10.5 Å². The van der Waals surface area contributed by atoms with Gasteiger partial charge in [-0.15, -0.1) is 11.3 Å². The Bertz CT molecular complexity index is 438. The predicted octanol–water partition coefficient (Wildman–Crippen LogP) is 1.77. The second-order valence-corrected chi connectivity index (χ2v) is 6.29. The third-order valence-electron chi connectivity index (χ3n) is 3.99. The number of rotatable bonds is 4. The van der Waals surface area contributed by atoms with Gasteiger partial charge in [0.25, 0.3) is 0 Å². The van der Waals surface area contributed by atoms with Crippen molar-refractivity contribution >= 4 is 17.2 Å². The molecule has 1 aliphatic rings. The highest BCUT2D eigenvalue weighted by molar-refractivity contribution is 7.10. The number of carbonyl (C=O) groups excluding carboxylic acids is 1. The summed E-state index contributed by atoms with van der Waals surface area (Å²) in [5.74, 6) is 0.158. The lowest BCUT2D eigenvalue weighted by Crippen LogP contribution is -2.49. The molecule has 0 saturated carbocycles. The molecule has 1 amide bonds. The van der Waals surface area contributed by atoms with E-state index < -0.39 is 5.41 Å². The lowest BCUT2D eigenvalue weighted by atomic mass is 9.79. The lowest BCUT2D eigenvalue weighted by molar-refractivity contribution is -0.146. The molecule has 0 unspecified atom stereocenters. The van der Waals surface area contributed by atoms with Gasteiger partial charge in [0.05, 0.1) is 12.0 Å². The molecule has 0 spiro atoms. The number of amides is 1. The second kappa shape index (κ2) is 6.03. The zero-order valence-corrected chi connectivity index (χ0v) is 12.5. The van der Waals surface area contributed by atoms with E-state index in [9.17, 15) is 4.79 Å². The first kappa shape index (κ1) is 14.5. The molecule has 1 aliphatic heterocycles. The predicted molar refractivity (Wildman–Crippen MR) is 77.1 cm³/mol. The molecule has 0 radical (unpaired) electrons. The Morgan fingerprint density at radius 2 is 2.21 bits per heavy atom. The molecule has 1 aromatic heterocycles. The molecule has 19 heavy (non-hydrogen) atoms. The fourth-order valence-corrected chi connectivity index (χ4v) is 3.48. The van der Waals surface area contributed by atoms with Crippen molar-refractivity contribution in [2.24, 2.45) is 11.1 Å². The summed E-state index contributed by atoms with van der Waals surface area (Å²) < 4.78 is 5.36. The van der Waals surface area contributed by atoms with Crippen LogP contribution in [0.5, 0.6) is 0 Å². The number of nitrogens with two attached hydrogens (primary N) is 1. The smallest absolute Gasteiger partial charge is 0.230 e. The highest BCUT2D eigenvalue weighted by atomic mass is 32.1. The van der Waals surface area contributed by atoms with E-state index in [2.05, 4.69) is 18.4 Å². The van der Waals surface area contributed by atoms with Crippen LogP contribution < -0.4 is 5.73 Å². The van der Waals surface area contributed by atoms with Crippen molar-refractivity contribution in [3.8, 4) is 0 Å². The number of thiophene rings is 1. The summed E-state index contributed by atoms with van der Waals surface area (Å²) in [7, 11) is 1.87. The van der Waals surface area contributed by atoms with Crippen LogP contribution in [0.2, 0.25) is 0 Å². The highest BCUT2D eigenvalue weighted by Crippen LogP contribution is 2.32. The molecule has 1 fully saturated rings. The minimum absolute atomic E-state index is 0.158. The van der Waals surface area contributed by atoms with Crippen molar-refractivity contribution < 1.29 is 9.53 Å². The summed E-state index contributed by atoms with van der Waals surface area (Å²) >= 11 is 1.70. The first-order valence-corrected chi connectivity index (χ1v) is 7.53. The molecule has 0 bridgehead atoms. The third-order valence-corrected chi connectivity index (χ3v) is 5.00. The molecule has 0 atom stereocenters. The molecule has 1 saturated heterocycles. The van der Waals surface area contributed by atoms with Crippen LogP contribution in [0.1, 0.15) is 23.3 Å². The normalized spacial score (nSPS) is 18.3. The molecule has 106 valence electrons.